The first-order valence-electron chi connectivity index (χ1n) is 6.76. The third kappa shape index (κ3) is 2.02. The second-order valence-electron chi connectivity index (χ2n) is 5.22. The van der Waals surface area contributed by atoms with E-state index in [1.54, 1.807) is 0 Å². The lowest BCUT2D eigenvalue weighted by Gasteiger charge is -2.13. The van der Waals surface area contributed by atoms with Crippen molar-refractivity contribution in [3.05, 3.63) is 53.1 Å². The molecular weight excluding hydrogens is 234 g/mol. The van der Waals surface area contributed by atoms with Crippen LogP contribution in [0.1, 0.15) is 16.7 Å². The van der Waals surface area contributed by atoms with Gasteiger partial charge in [-0.25, -0.2) is 0 Å². The van der Waals surface area contributed by atoms with Crippen LogP contribution in [0.2, 0.25) is 0 Å². The summed E-state index contributed by atoms with van der Waals surface area (Å²) < 4.78 is 6.01. The van der Waals surface area contributed by atoms with Crippen molar-refractivity contribution in [2.24, 2.45) is 5.73 Å². The molecule has 1 aliphatic rings. The molecule has 0 spiro atoms. The van der Waals surface area contributed by atoms with E-state index in [0.717, 1.165) is 12.2 Å². The van der Waals surface area contributed by atoms with E-state index in [9.17, 15) is 0 Å². The van der Waals surface area contributed by atoms with Gasteiger partial charge >= 0.3 is 0 Å². The van der Waals surface area contributed by atoms with Crippen LogP contribution in [0.5, 0.6) is 5.75 Å². The second kappa shape index (κ2) is 4.71. The summed E-state index contributed by atoms with van der Waals surface area (Å²) >= 11 is 0. The van der Waals surface area contributed by atoms with Gasteiger partial charge in [-0.15, -0.1) is 0 Å². The van der Waals surface area contributed by atoms with Crippen LogP contribution in [-0.4, -0.2) is 12.6 Å². The molecule has 0 unspecified atom stereocenters. The Balaban J connectivity index is 2.13. The molecule has 2 nitrogen and oxygen atoms in total. The van der Waals surface area contributed by atoms with E-state index in [-0.39, 0.29) is 6.10 Å². The number of ether oxygens (including phenoxy) is 1. The van der Waals surface area contributed by atoms with E-state index < -0.39 is 0 Å². The molecule has 0 bridgehead atoms. The third-order valence-corrected chi connectivity index (χ3v) is 3.99. The molecule has 2 aromatic rings. The van der Waals surface area contributed by atoms with E-state index in [2.05, 4.69) is 50.2 Å². The Kier molecular flexibility index (Phi) is 3.03. The predicted octanol–water partition coefficient (Wildman–Crippen LogP) is 3.23. The van der Waals surface area contributed by atoms with E-state index >= 15 is 0 Å². The summed E-state index contributed by atoms with van der Waals surface area (Å²) in [5.74, 6) is 1.02. The Labute approximate surface area is 114 Å². The molecule has 98 valence electrons. The standard InChI is InChI=1S/C17H19NO/c1-11-5-3-7-15(12(11)2)16-8-4-6-13-9-14(10-18)19-17(13)16/h3-8,14H,9-10,18H2,1-2H3/t14-/m1/s1. The van der Waals surface area contributed by atoms with Crippen LogP contribution in [0.4, 0.5) is 0 Å². The van der Waals surface area contributed by atoms with Gasteiger partial charge in [0.2, 0.25) is 0 Å². The Morgan fingerprint density at radius 3 is 2.63 bits per heavy atom. The van der Waals surface area contributed by atoms with Crippen molar-refractivity contribution >= 4 is 0 Å². The molecule has 0 fully saturated rings. The van der Waals surface area contributed by atoms with Gasteiger partial charge in [-0.1, -0.05) is 36.4 Å². The maximum Gasteiger partial charge on any atom is 0.130 e. The van der Waals surface area contributed by atoms with Crippen LogP contribution >= 0.6 is 0 Å². The third-order valence-electron chi connectivity index (χ3n) is 3.99. The second-order valence-corrected chi connectivity index (χ2v) is 5.22. The minimum atomic E-state index is 0.126. The van der Waals surface area contributed by atoms with Crippen molar-refractivity contribution in [2.75, 3.05) is 6.54 Å². The highest BCUT2D eigenvalue weighted by Crippen LogP contribution is 2.40. The zero-order valence-corrected chi connectivity index (χ0v) is 11.4. The topological polar surface area (TPSA) is 35.2 Å². The maximum absolute atomic E-state index is 6.01. The Morgan fingerprint density at radius 2 is 1.84 bits per heavy atom. The molecule has 2 N–H and O–H groups in total. The van der Waals surface area contributed by atoms with Crippen LogP contribution in [0.25, 0.3) is 11.1 Å². The zero-order valence-electron chi connectivity index (χ0n) is 11.4. The van der Waals surface area contributed by atoms with Crippen molar-refractivity contribution in [3.8, 4) is 16.9 Å². The first-order valence-corrected chi connectivity index (χ1v) is 6.76. The van der Waals surface area contributed by atoms with Gasteiger partial charge in [0.05, 0.1) is 0 Å². The lowest BCUT2D eigenvalue weighted by Crippen LogP contribution is -2.24. The number of fused-ring (bicyclic) bond motifs is 1. The molecule has 0 aromatic heterocycles. The number of benzene rings is 2. The van der Waals surface area contributed by atoms with Crippen LogP contribution in [0, 0.1) is 13.8 Å². The highest BCUT2D eigenvalue weighted by molar-refractivity contribution is 5.76. The van der Waals surface area contributed by atoms with Gasteiger partial charge in [0.25, 0.3) is 0 Å². The van der Waals surface area contributed by atoms with Gasteiger partial charge in [-0.3, -0.25) is 0 Å². The molecule has 1 atom stereocenters. The van der Waals surface area contributed by atoms with Crippen LogP contribution < -0.4 is 10.5 Å². The molecule has 19 heavy (non-hydrogen) atoms. The molecule has 2 heteroatoms. The number of para-hydroxylation sites is 1. The summed E-state index contributed by atoms with van der Waals surface area (Å²) in [6.07, 6.45) is 1.05. The first-order chi connectivity index (χ1) is 9.20. The number of hydrogen-bond acceptors (Lipinski definition) is 2. The smallest absolute Gasteiger partial charge is 0.130 e. The maximum atomic E-state index is 6.01. The fraction of sp³-hybridized carbons (Fsp3) is 0.294. The Hall–Kier alpha value is -1.80. The van der Waals surface area contributed by atoms with E-state index in [1.807, 2.05) is 0 Å². The van der Waals surface area contributed by atoms with Crippen LogP contribution in [0.15, 0.2) is 36.4 Å². The number of nitrogens with two attached hydrogens (primary N) is 1. The molecule has 2 aromatic carbocycles. The molecule has 0 saturated heterocycles. The number of rotatable bonds is 2. The molecule has 0 amide bonds. The van der Waals surface area contributed by atoms with Gasteiger partial charge in [-0.2, -0.15) is 0 Å². The molecule has 0 saturated carbocycles. The molecule has 1 heterocycles. The monoisotopic (exact) mass is 253 g/mol. The highest BCUT2D eigenvalue weighted by atomic mass is 16.5. The largest absolute Gasteiger partial charge is 0.488 e. The minimum Gasteiger partial charge on any atom is -0.488 e. The van der Waals surface area contributed by atoms with Gasteiger partial charge in [0.1, 0.15) is 11.9 Å². The Bertz CT molecular complexity index is 619. The molecule has 0 radical (unpaired) electrons. The van der Waals surface area contributed by atoms with Crippen LogP contribution in [0.3, 0.4) is 0 Å². The van der Waals surface area contributed by atoms with E-state index in [0.29, 0.717) is 6.54 Å². The lowest BCUT2D eigenvalue weighted by atomic mass is 9.95. The normalized spacial score (nSPS) is 17.1. The lowest BCUT2D eigenvalue weighted by molar-refractivity contribution is 0.242. The summed E-state index contributed by atoms with van der Waals surface area (Å²) in [4.78, 5) is 0. The Morgan fingerprint density at radius 1 is 1.11 bits per heavy atom. The fourth-order valence-electron chi connectivity index (χ4n) is 2.72. The quantitative estimate of drug-likeness (QED) is 0.891. The average molecular weight is 253 g/mol. The van der Waals surface area contributed by atoms with Gasteiger partial charge in [0, 0.05) is 18.5 Å². The highest BCUT2D eigenvalue weighted by Gasteiger charge is 2.24. The van der Waals surface area contributed by atoms with Gasteiger partial charge < -0.3 is 10.5 Å². The van der Waals surface area contributed by atoms with Gasteiger partial charge in [-0.05, 0) is 36.1 Å². The van der Waals surface area contributed by atoms with E-state index in [4.69, 9.17) is 10.5 Å². The minimum absolute atomic E-state index is 0.126. The number of hydrogen-bond donors (Lipinski definition) is 1. The van der Waals surface area contributed by atoms with Gasteiger partial charge in [0.15, 0.2) is 0 Å². The molecule has 3 rings (SSSR count). The van der Waals surface area contributed by atoms with E-state index in [1.165, 1.54) is 27.8 Å². The summed E-state index contributed by atoms with van der Waals surface area (Å²) in [7, 11) is 0. The fourth-order valence-corrected chi connectivity index (χ4v) is 2.72. The van der Waals surface area contributed by atoms with Crippen molar-refractivity contribution in [3.63, 3.8) is 0 Å². The number of aryl methyl sites for hydroxylation is 1. The molecular formula is C17H19NO. The summed E-state index contributed by atoms with van der Waals surface area (Å²) in [6.45, 7) is 4.88. The first kappa shape index (κ1) is 12.2. The molecule has 1 aliphatic heterocycles. The van der Waals surface area contributed by atoms with Crippen LogP contribution in [-0.2, 0) is 6.42 Å². The summed E-state index contributed by atoms with van der Waals surface area (Å²) in [5, 5.41) is 0. The van der Waals surface area contributed by atoms with Crippen molar-refractivity contribution in [2.45, 2.75) is 26.4 Å². The van der Waals surface area contributed by atoms with Crippen molar-refractivity contribution in [1.82, 2.24) is 0 Å². The SMILES string of the molecule is Cc1cccc(-c2cccc3c2O[C@@H](CN)C3)c1C. The predicted molar refractivity (Wildman–Crippen MR) is 78.5 cm³/mol. The van der Waals surface area contributed by atoms with Crippen molar-refractivity contribution in [1.29, 1.82) is 0 Å². The summed E-state index contributed by atoms with van der Waals surface area (Å²) in [6, 6.07) is 12.8. The zero-order chi connectivity index (χ0) is 13.4. The van der Waals surface area contributed by atoms with Crippen molar-refractivity contribution < 1.29 is 4.74 Å². The average Bonchev–Trinajstić information content (AvgIpc) is 2.85. The summed E-state index contributed by atoms with van der Waals surface area (Å²) in [5.41, 5.74) is 12.1. The molecule has 0 aliphatic carbocycles.